The van der Waals surface area contributed by atoms with Crippen LogP contribution in [0.2, 0.25) is 5.02 Å². The highest BCUT2D eigenvalue weighted by atomic mass is 35.5. The first kappa shape index (κ1) is 21.4. The molecule has 2 aliphatic rings. The van der Waals surface area contributed by atoms with Crippen LogP contribution in [-0.2, 0) is 9.59 Å². The lowest BCUT2D eigenvalue weighted by Crippen LogP contribution is -2.48. The first-order valence-electron chi connectivity index (χ1n) is 10.5. The van der Waals surface area contributed by atoms with Crippen molar-refractivity contribution in [3.8, 4) is 5.75 Å². The molecule has 0 spiro atoms. The second-order valence-corrected chi connectivity index (χ2v) is 8.45. The van der Waals surface area contributed by atoms with Crippen LogP contribution in [0, 0.1) is 11.7 Å². The zero-order valence-electron chi connectivity index (χ0n) is 17.2. The predicted octanol–water partition coefficient (Wildman–Crippen LogP) is 4.94. The van der Waals surface area contributed by atoms with Crippen molar-refractivity contribution in [2.45, 2.75) is 38.6 Å². The van der Waals surface area contributed by atoms with E-state index >= 15 is 0 Å². The van der Waals surface area contributed by atoms with Gasteiger partial charge in [0.25, 0.3) is 5.91 Å². The molecule has 31 heavy (non-hydrogen) atoms. The minimum absolute atomic E-state index is 0.0623. The number of anilines is 1. The Morgan fingerprint density at radius 3 is 2.77 bits per heavy atom. The van der Waals surface area contributed by atoms with Gasteiger partial charge in [0.1, 0.15) is 12.4 Å². The number of fused-ring (bicyclic) bond motifs is 1. The summed E-state index contributed by atoms with van der Waals surface area (Å²) < 4.78 is 20.0. The lowest BCUT2D eigenvalue weighted by atomic mass is 9.86. The number of nitrogens with one attached hydrogen (secondary N) is 1. The number of halogens is 2. The van der Waals surface area contributed by atoms with Gasteiger partial charge in [-0.3, -0.25) is 14.5 Å². The average molecular weight is 443 g/mol. The van der Waals surface area contributed by atoms with Crippen molar-refractivity contribution in [3.63, 3.8) is 0 Å². The van der Waals surface area contributed by atoms with E-state index in [0.29, 0.717) is 17.4 Å². The summed E-state index contributed by atoms with van der Waals surface area (Å²) in [5.41, 5.74) is 0.559. The SMILES string of the molecule is C[C@H]1CCCC[C@H]1NC(=O)CN1C(=O)/C(=C/c2c(F)cccc2Cl)Oc2ccccc21. The van der Waals surface area contributed by atoms with E-state index in [0.717, 1.165) is 19.3 Å². The summed E-state index contributed by atoms with van der Waals surface area (Å²) in [6.45, 7) is 1.99. The molecule has 1 N–H and O–H groups in total. The van der Waals surface area contributed by atoms with Gasteiger partial charge in [0.05, 0.1) is 10.7 Å². The molecule has 0 saturated heterocycles. The van der Waals surface area contributed by atoms with E-state index in [1.807, 2.05) is 0 Å². The van der Waals surface area contributed by atoms with Gasteiger partial charge in [0.2, 0.25) is 5.91 Å². The molecule has 1 aliphatic carbocycles. The smallest absolute Gasteiger partial charge is 0.294 e. The van der Waals surface area contributed by atoms with E-state index in [2.05, 4.69) is 12.2 Å². The van der Waals surface area contributed by atoms with Crippen molar-refractivity contribution >= 4 is 35.2 Å². The van der Waals surface area contributed by atoms with Gasteiger partial charge in [-0.1, -0.05) is 49.6 Å². The quantitative estimate of drug-likeness (QED) is 0.682. The van der Waals surface area contributed by atoms with Crippen molar-refractivity contribution in [2.24, 2.45) is 5.92 Å². The fraction of sp³-hybridized carbons (Fsp3) is 0.333. The Morgan fingerprint density at radius 1 is 1.23 bits per heavy atom. The summed E-state index contributed by atoms with van der Waals surface area (Å²) in [6.07, 6.45) is 5.57. The number of ether oxygens (including phenoxy) is 1. The molecular weight excluding hydrogens is 419 g/mol. The lowest BCUT2D eigenvalue weighted by molar-refractivity contribution is -0.124. The van der Waals surface area contributed by atoms with Crippen LogP contribution in [0.5, 0.6) is 5.75 Å². The third-order valence-corrected chi connectivity index (χ3v) is 6.20. The summed E-state index contributed by atoms with van der Waals surface area (Å²) in [7, 11) is 0. The molecule has 4 rings (SSSR count). The number of nitrogens with zero attached hydrogens (tertiary/aromatic N) is 1. The van der Waals surface area contributed by atoms with Crippen molar-refractivity contribution in [1.82, 2.24) is 5.32 Å². The number of amides is 2. The fourth-order valence-electron chi connectivity index (χ4n) is 4.13. The first-order valence-corrected chi connectivity index (χ1v) is 10.9. The molecular formula is C24H24ClFN2O3. The number of rotatable bonds is 4. The van der Waals surface area contributed by atoms with Gasteiger partial charge in [-0.2, -0.15) is 0 Å². The molecule has 1 saturated carbocycles. The number of hydrogen-bond acceptors (Lipinski definition) is 3. The highest BCUT2D eigenvalue weighted by Gasteiger charge is 2.33. The second kappa shape index (κ2) is 9.10. The van der Waals surface area contributed by atoms with Crippen LogP contribution in [0.1, 0.15) is 38.2 Å². The van der Waals surface area contributed by atoms with Gasteiger partial charge in [0, 0.05) is 11.6 Å². The van der Waals surface area contributed by atoms with E-state index in [1.54, 1.807) is 24.3 Å². The standard InChI is InChI=1S/C24H24ClFN2O3/c1-15-7-2-3-10-19(15)27-23(29)14-28-20-11-4-5-12-21(20)31-22(24(28)30)13-16-17(25)8-6-9-18(16)26/h4-6,8-9,11-13,15,19H,2-3,7,10,14H2,1H3,(H,27,29)/b22-13-/t15-,19+/m0/s1. The van der Waals surface area contributed by atoms with Gasteiger partial charge < -0.3 is 10.1 Å². The Kier molecular flexibility index (Phi) is 6.28. The molecule has 2 amide bonds. The summed E-state index contributed by atoms with van der Waals surface area (Å²) in [6, 6.07) is 11.4. The Labute approximate surface area is 185 Å². The first-order chi connectivity index (χ1) is 14.9. The van der Waals surface area contributed by atoms with Crippen LogP contribution >= 0.6 is 11.6 Å². The number of carbonyl (C=O) groups is 2. The van der Waals surface area contributed by atoms with Crippen LogP contribution in [-0.4, -0.2) is 24.4 Å². The Morgan fingerprint density at radius 2 is 2.00 bits per heavy atom. The molecule has 0 bridgehead atoms. The van der Waals surface area contributed by atoms with E-state index in [1.165, 1.54) is 35.6 Å². The molecule has 2 aromatic rings. The number of para-hydroxylation sites is 2. The maximum Gasteiger partial charge on any atom is 0.294 e. The van der Waals surface area contributed by atoms with Crippen molar-refractivity contribution in [1.29, 1.82) is 0 Å². The van der Waals surface area contributed by atoms with Crippen LogP contribution in [0.3, 0.4) is 0 Å². The number of hydrogen-bond donors (Lipinski definition) is 1. The van der Waals surface area contributed by atoms with Gasteiger partial charge in [-0.05, 0) is 49.1 Å². The topological polar surface area (TPSA) is 58.6 Å². The highest BCUT2D eigenvalue weighted by molar-refractivity contribution is 6.32. The largest absolute Gasteiger partial charge is 0.449 e. The van der Waals surface area contributed by atoms with Crippen molar-refractivity contribution in [2.75, 3.05) is 11.4 Å². The van der Waals surface area contributed by atoms with Gasteiger partial charge in [-0.15, -0.1) is 0 Å². The molecule has 0 unspecified atom stereocenters. The highest BCUT2D eigenvalue weighted by Crippen LogP contribution is 2.36. The third-order valence-electron chi connectivity index (χ3n) is 5.87. The normalized spacial score (nSPS) is 22.1. The van der Waals surface area contributed by atoms with Crippen molar-refractivity contribution < 1.29 is 18.7 Å². The minimum atomic E-state index is -0.564. The van der Waals surface area contributed by atoms with E-state index in [9.17, 15) is 14.0 Å². The van der Waals surface area contributed by atoms with Gasteiger partial charge in [-0.25, -0.2) is 4.39 Å². The zero-order valence-corrected chi connectivity index (χ0v) is 18.0. The van der Waals surface area contributed by atoms with Crippen LogP contribution in [0.4, 0.5) is 10.1 Å². The monoisotopic (exact) mass is 442 g/mol. The molecule has 7 heteroatoms. The Hall–Kier alpha value is -2.86. The molecule has 5 nitrogen and oxygen atoms in total. The van der Waals surface area contributed by atoms with Crippen LogP contribution in [0.15, 0.2) is 48.2 Å². The van der Waals surface area contributed by atoms with Crippen molar-refractivity contribution in [3.05, 3.63) is 64.6 Å². The summed E-state index contributed by atoms with van der Waals surface area (Å²) in [5, 5.41) is 3.24. The number of carbonyl (C=O) groups excluding carboxylic acids is 2. The molecule has 0 radical (unpaired) electrons. The van der Waals surface area contributed by atoms with Gasteiger partial charge >= 0.3 is 0 Å². The van der Waals surface area contributed by atoms with E-state index < -0.39 is 11.7 Å². The lowest BCUT2D eigenvalue weighted by Gasteiger charge is -2.32. The van der Waals surface area contributed by atoms with Crippen LogP contribution in [0.25, 0.3) is 6.08 Å². The molecule has 162 valence electrons. The van der Waals surface area contributed by atoms with Crippen LogP contribution < -0.4 is 15.0 Å². The average Bonchev–Trinajstić information content (AvgIpc) is 2.75. The van der Waals surface area contributed by atoms with Gasteiger partial charge in [0.15, 0.2) is 11.5 Å². The summed E-state index contributed by atoms with van der Waals surface area (Å²) in [5.74, 6) is -0.587. The molecule has 0 aromatic heterocycles. The number of benzene rings is 2. The Bertz CT molecular complexity index is 1020. The third kappa shape index (κ3) is 4.59. The maximum atomic E-state index is 14.3. The minimum Gasteiger partial charge on any atom is -0.449 e. The van der Waals surface area contributed by atoms with E-state index in [4.69, 9.17) is 16.3 Å². The summed E-state index contributed by atoms with van der Waals surface area (Å²) >= 11 is 6.11. The predicted molar refractivity (Wildman–Crippen MR) is 118 cm³/mol. The fourth-order valence-corrected chi connectivity index (χ4v) is 4.34. The Balaban J connectivity index is 1.61. The van der Waals surface area contributed by atoms with E-state index in [-0.39, 0.29) is 34.8 Å². The molecule has 2 aromatic carbocycles. The molecule has 1 fully saturated rings. The zero-order chi connectivity index (χ0) is 22.0. The molecule has 2 atom stereocenters. The molecule has 1 aliphatic heterocycles. The summed E-state index contributed by atoms with van der Waals surface area (Å²) in [4.78, 5) is 27.4. The second-order valence-electron chi connectivity index (χ2n) is 8.04. The maximum absolute atomic E-state index is 14.3. The molecule has 1 heterocycles.